The number of rotatable bonds is 11. The molecule has 0 aliphatic rings. The smallest absolute Gasteiger partial charge is 0.419 e. The summed E-state index contributed by atoms with van der Waals surface area (Å²) in [6.45, 7) is 0.149. The lowest BCUT2D eigenvalue weighted by Gasteiger charge is -2.34. The van der Waals surface area contributed by atoms with E-state index >= 15 is 0 Å². The molecule has 0 saturated carbocycles. The van der Waals surface area contributed by atoms with Gasteiger partial charge in [-0.25, -0.2) is 4.79 Å². The quantitative estimate of drug-likeness (QED) is 0.196. The maximum atomic E-state index is 13.1. The molecule has 0 fully saturated rings. The molecule has 0 bridgehead atoms. The van der Waals surface area contributed by atoms with Gasteiger partial charge in [-0.15, -0.1) is 0 Å². The molecular formula is C26H29N3O5. The molecule has 1 unspecified atom stereocenters. The van der Waals surface area contributed by atoms with Crippen molar-refractivity contribution < 1.29 is 24.5 Å². The van der Waals surface area contributed by atoms with Crippen LogP contribution < -0.4 is 11.2 Å². The van der Waals surface area contributed by atoms with Gasteiger partial charge in [-0.05, 0) is 23.1 Å². The molecule has 0 spiro atoms. The number of nitrogens with zero attached hydrogens (tertiary/aromatic N) is 1. The Morgan fingerprint density at radius 2 is 1.35 bits per heavy atom. The summed E-state index contributed by atoms with van der Waals surface area (Å²) in [5, 5.41) is 21.7. The molecule has 1 amide bonds. The molecule has 8 heteroatoms. The fourth-order valence-electron chi connectivity index (χ4n) is 3.59. The molecule has 5 N–H and O–H groups in total. The third kappa shape index (κ3) is 7.41. The first-order chi connectivity index (χ1) is 16.4. The van der Waals surface area contributed by atoms with Gasteiger partial charge in [0.1, 0.15) is 12.8 Å². The Bertz CT molecular complexity index is 1030. The number of hydrogen-bond acceptors (Lipinski definition) is 6. The van der Waals surface area contributed by atoms with E-state index in [0.29, 0.717) is 0 Å². The second kappa shape index (κ2) is 12.5. The van der Waals surface area contributed by atoms with E-state index in [9.17, 15) is 19.8 Å². The molecule has 0 aromatic heterocycles. The van der Waals surface area contributed by atoms with Crippen LogP contribution in [0, 0.1) is 5.92 Å². The Morgan fingerprint density at radius 3 is 1.88 bits per heavy atom. The normalized spacial score (nSPS) is 13.6. The molecule has 178 valence electrons. The highest BCUT2D eigenvalue weighted by Gasteiger charge is 2.36. The zero-order valence-electron chi connectivity index (χ0n) is 18.7. The van der Waals surface area contributed by atoms with Crippen molar-refractivity contribution in [3.05, 3.63) is 108 Å². The molecule has 8 nitrogen and oxygen atoms in total. The Labute approximate surface area is 198 Å². The van der Waals surface area contributed by atoms with Gasteiger partial charge in [-0.3, -0.25) is 10.2 Å². The lowest BCUT2D eigenvalue weighted by Crippen LogP contribution is -2.59. The highest BCUT2D eigenvalue weighted by Crippen LogP contribution is 2.20. The van der Waals surface area contributed by atoms with Gasteiger partial charge in [-0.2, -0.15) is 5.01 Å². The first-order valence-electron chi connectivity index (χ1n) is 10.9. The number of carboxylic acid groups (broad SMARTS) is 1. The molecule has 0 radical (unpaired) electrons. The number of benzene rings is 3. The number of aliphatic hydroxyl groups is 1. The molecule has 3 rings (SSSR count). The van der Waals surface area contributed by atoms with E-state index in [1.807, 2.05) is 91.0 Å². The summed E-state index contributed by atoms with van der Waals surface area (Å²) in [4.78, 5) is 24.5. The first kappa shape index (κ1) is 24.9. The molecule has 0 saturated heterocycles. The number of esters is 1. The van der Waals surface area contributed by atoms with Gasteiger partial charge in [0.25, 0.3) is 0 Å². The van der Waals surface area contributed by atoms with Crippen molar-refractivity contribution in [3.63, 3.8) is 0 Å². The van der Waals surface area contributed by atoms with Crippen molar-refractivity contribution in [2.24, 2.45) is 11.7 Å². The topological polar surface area (TPSA) is 125 Å². The average Bonchev–Trinajstić information content (AvgIpc) is 2.86. The minimum absolute atomic E-state index is 0.0496. The van der Waals surface area contributed by atoms with E-state index in [-0.39, 0.29) is 19.6 Å². The SMILES string of the molecule is NC([C@@H](O)[C@H](Cc1ccccc1)C(=O)OCc1ccccc1)N(Cc1ccccc1)NC(=O)O. The largest absolute Gasteiger partial charge is 0.464 e. The van der Waals surface area contributed by atoms with Crippen molar-refractivity contribution >= 4 is 12.1 Å². The van der Waals surface area contributed by atoms with E-state index < -0.39 is 30.3 Å². The number of hydrazine groups is 1. The van der Waals surface area contributed by atoms with Crippen LogP contribution in [0.4, 0.5) is 4.79 Å². The van der Waals surface area contributed by atoms with Gasteiger partial charge in [0.15, 0.2) is 0 Å². The van der Waals surface area contributed by atoms with Crippen LogP contribution in [0.25, 0.3) is 0 Å². The first-order valence-corrected chi connectivity index (χ1v) is 10.9. The molecular weight excluding hydrogens is 434 g/mol. The van der Waals surface area contributed by atoms with Gasteiger partial charge in [0.2, 0.25) is 0 Å². The fraction of sp³-hybridized carbons (Fsp3) is 0.231. The van der Waals surface area contributed by atoms with E-state index in [1.54, 1.807) is 0 Å². The maximum Gasteiger partial charge on any atom is 0.419 e. The van der Waals surface area contributed by atoms with E-state index in [1.165, 1.54) is 5.01 Å². The van der Waals surface area contributed by atoms with Crippen LogP contribution in [0.15, 0.2) is 91.0 Å². The number of amides is 1. The zero-order chi connectivity index (χ0) is 24.3. The molecule has 3 aromatic carbocycles. The molecule has 3 aromatic rings. The standard InChI is InChI=1S/C26H29N3O5/c27-24(29(28-26(32)33)17-20-12-6-2-7-13-20)23(30)22(16-19-10-4-1-5-11-19)25(31)34-18-21-14-8-3-9-15-21/h1-15,22-24,28,30H,16-18,27H2,(H,32,33)/t22-,23-,24?/m0/s1. The monoisotopic (exact) mass is 463 g/mol. The fourth-order valence-corrected chi connectivity index (χ4v) is 3.59. The van der Waals surface area contributed by atoms with Crippen LogP contribution in [0.3, 0.4) is 0 Å². The third-order valence-electron chi connectivity index (χ3n) is 5.38. The van der Waals surface area contributed by atoms with Crippen LogP contribution >= 0.6 is 0 Å². The van der Waals surface area contributed by atoms with Crippen LogP contribution in [0.5, 0.6) is 0 Å². The summed E-state index contributed by atoms with van der Waals surface area (Å²) < 4.78 is 5.50. The highest BCUT2D eigenvalue weighted by atomic mass is 16.5. The van der Waals surface area contributed by atoms with Crippen molar-refractivity contribution in [2.75, 3.05) is 0 Å². The maximum absolute atomic E-state index is 13.1. The second-order valence-electron chi connectivity index (χ2n) is 7.90. The van der Waals surface area contributed by atoms with Gasteiger partial charge >= 0.3 is 12.1 Å². The summed E-state index contributed by atoms with van der Waals surface area (Å²) >= 11 is 0. The number of ether oxygens (including phenoxy) is 1. The van der Waals surface area contributed by atoms with Crippen LogP contribution in [0.1, 0.15) is 16.7 Å². The van der Waals surface area contributed by atoms with Crippen LogP contribution in [0.2, 0.25) is 0 Å². The number of hydrogen-bond donors (Lipinski definition) is 4. The molecule has 34 heavy (non-hydrogen) atoms. The predicted octanol–water partition coefficient (Wildman–Crippen LogP) is 2.92. The average molecular weight is 464 g/mol. The Kier molecular flexibility index (Phi) is 9.16. The summed E-state index contributed by atoms with van der Waals surface area (Å²) in [7, 11) is 0. The number of carbonyl (C=O) groups is 2. The highest BCUT2D eigenvalue weighted by molar-refractivity contribution is 5.73. The molecule has 3 atom stereocenters. The van der Waals surface area contributed by atoms with Gasteiger partial charge in [0.05, 0.1) is 12.0 Å². The summed E-state index contributed by atoms with van der Waals surface area (Å²) in [5.74, 6) is -1.64. The Balaban J connectivity index is 1.79. The van der Waals surface area contributed by atoms with E-state index in [2.05, 4.69) is 5.43 Å². The minimum Gasteiger partial charge on any atom is -0.464 e. The zero-order valence-corrected chi connectivity index (χ0v) is 18.7. The molecule has 0 aliphatic carbocycles. The lowest BCUT2D eigenvalue weighted by atomic mass is 9.92. The van der Waals surface area contributed by atoms with Gasteiger partial charge in [-0.1, -0.05) is 91.0 Å². The van der Waals surface area contributed by atoms with Crippen molar-refractivity contribution in [1.29, 1.82) is 0 Å². The summed E-state index contributed by atoms with van der Waals surface area (Å²) in [5.41, 5.74) is 10.9. The molecule has 0 aliphatic heterocycles. The van der Waals surface area contributed by atoms with Crippen molar-refractivity contribution in [3.8, 4) is 0 Å². The summed E-state index contributed by atoms with van der Waals surface area (Å²) in [6.07, 6.45) is -3.78. The number of nitrogens with one attached hydrogen (secondary N) is 1. The van der Waals surface area contributed by atoms with E-state index in [0.717, 1.165) is 16.7 Å². The van der Waals surface area contributed by atoms with Gasteiger partial charge < -0.3 is 20.7 Å². The Hall–Kier alpha value is -3.72. The summed E-state index contributed by atoms with van der Waals surface area (Å²) in [6, 6.07) is 27.5. The number of aliphatic hydroxyl groups excluding tert-OH is 1. The number of nitrogens with two attached hydrogens (primary N) is 1. The van der Waals surface area contributed by atoms with Crippen LogP contribution in [-0.4, -0.2) is 39.6 Å². The Morgan fingerprint density at radius 1 is 0.853 bits per heavy atom. The van der Waals surface area contributed by atoms with E-state index in [4.69, 9.17) is 10.5 Å². The number of carbonyl (C=O) groups excluding carboxylic acids is 1. The van der Waals surface area contributed by atoms with Crippen molar-refractivity contribution in [2.45, 2.75) is 31.8 Å². The predicted molar refractivity (Wildman–Crippen MR) is 127 cm³/mol. The lowest BCUT2D eigenvalue weighted by molar-refractivity contribution is -0.156. The second-order valence-corrected chi connectivity index (χ2v) is 7.90. The minimum atomic E-state index is -1.42. The van der Waals surface area contributed by atoms with Gasteiger partial charge in [0, 0.05) is 6.54 Å². The molecule has 0 heterocycles. The third-order valence-corrected chi connectivity index (χ3v) is 5.38. The van der Waals surface area contributed by atoms with Crippen molar-refractivity contribution in [1.82, 2.24) is 10.4 Å². The van der Waals surface area contributed by atoms with Crippen LogP contribution in [-0.2, 0) is 29.1 Å².